The second-order valence-electron chi connectivity index (χ2n) is 2.25. The predicted molar refractivity (Wildman–Crippen MR) is 48.8 cm³/mol. The Labute approximate surface area is 84.0 Å². The van der Waals surface area contributed by atoms with Crippen LogP contribution in [0.3, 0.4) is 0 Å². The van der Waals surface area contributed by atoms with Crippen LogP contribution < -0.4 is 16.4 Å². The molecule has 0 aliphatic heterocycles. The number of carbonyl (C=O) groups excluding carboxylic acids is 2. The number of nitrogens with two attached hydrogens (primary N) is 1. The minimum atomic E-state index is -2.69. The van der Waals surface area contributed by atoms with Crippen molar-refractivity contribution >= 4 is 29.0 Å². The Balaban J connectivity index is 3.77. The van der Waals surface area contributed by atoms with E-state index in [1.54, 1.807) is 5.32 Å². The Morgan fingerprint density at radius 1 is 1.29 bits per heavy atom. The molecule has 8 heteroatoms. The van der Waals surface area contributed by atoms with Crippen molar-refractivity contribution in [2.24, 2.45) is 5.73 Å². The van der Waals surface area contributed by atoms with Crippen LogP contribution in [-0.4, -0.2) is 36.3 Å². The van der Waals surface area contributed by atoms with E-state index in [0.29, 0.717) is 0 Å². The third-order valence-corrected chi connectivity index (χ3v) is 1.19. The molecule has 0 bridgehead atoms. The maximum Gasteiger partial charge on any atom is 0.309 e. The Morgan fingerprint density at radius 3 is 2.21 bits per heavy atom. The van der Waals surface area contributed by atoms with Crippen LogP contribution in [0.5, 0.6) is 0 Å². The van der Waals surface area contributed by atoms with E-state index in [0.717, 1.165) is 0 Å². The number of thiocarbonyl (C=S) groups is 1. The number of nitrogens with one attached hydrogen (secondary N) is 2. The number of hydrogen-bond donors (Lipinski definition) is 3. The van der Waals surface area contributed by atoms with Gasteiger partial charge in [-0.15, -0.1) is 0 Å². The second-order valence-corrected chi connectivity index (χ2v) is 2.77. The van der Waals surface area contributed by atoms with E-state index in [4.69, 9.17) is 5.73 Å². The van der Waals surface area contributed by atoms with Gasteiger partial charge in [0.05, 0.1) is 18.1 Å². The summed E-state index contributed by atoms with van der Waals surface area (Å²) in [5, 5.41) is 3.76. The van der Waals surface area contributed by atoms with Crippen LogP contribution in [0.4, 0.5) is 8.78 Å². The lowest BCUT2D eigenvalue weighted by Gasteiger charge is -2.04. The summed E-state index contributed by atoms with van der Waals surface area (Å²) in [6, 6.07) is 0. The van der Waals surface area contributed by atoms with Gasteiger partial charge in [0.2, 0.25) is 0 Å². The Hall–Kier alpha value is -1.31. The molecule has 0 atom stereocenters. The average molecular weight is 225 g/mol. The van der Waals surface area contributed by atoms with Gasteiger partial charge in [0.15, 0.2) is 0 Å². The first-order valence-corrected chi connectivity index (χ1v) is 3.96. The van der Waals surface area contributed by atoms with Crippen molar-refractivity contribution in [1.82, 2.24) is 10.6 Å². The van der Waals surface area contributed by atoms with Gasteiger partial charge in [-0.25, -0.2) is 8.78 Å². The first-order chi connectivity index (χ1) is 6.43. The van der Waals surface area contributed by atoms with Gasteiger partial charge in [0, 0.05) is 0 Å². The van der Waals surface area contributed by atoms with Gasteiger partial charge in [0.1, 0.15) is 0 Å². The molecule has 0 spiro atoms. The van der Waals surface area contributed by atoms with Crippen molar-refractivity contribution in [3.8, 4) is 0 Å². The molecule has 0 aliphatic carbocycles. The summed E-state index contributed by atoms with van der Waals surface area (Å²) < 4.78 is 23.2. The second kappa shape index (κ2) is 6.19. The summed E-state index contributed by atoms with van der Waals surface area (Å²) in [5.41, 5.74) is 5.03. The van der Waals surface area contributed by atoms with E-state index in [-0.39, 0.29) is 11.5 Å². The Morgan fingerprint density at radius 2 is 1.79 bits per heavy atom. The molecule has 2 amide bonds. The zero-order chi connectivity index (χ0) is 11.1. The molecule has 14 heavy (non-hydrogen) atoms. The monoisotopic (exact) mass is 225 g/mol. The summed E-state index contributed by atoms with van der Waals surface area (Å²) in [4.78, 5) is 21.5. The molecule has 0 unspecified atom stereocenters. The Kier molecular flexibility index (Phi) is 5.61. The molecule has 4 N–H and O–H groups in total. The minimum absolute atomic E-state index is 0.00000887. The molecule has 0 aromatic carbocycles. The molecule has 0 saturated carbocycles. The van der Waals surface area contributed by atoms with Gasteiger partial charge in [0.25, 0.3) is 6.43 Å². The Bertz CT molecular complexity index is 247. The predicted octanol–water partition coefficient (Wildman–Crippen LogP) is -1.23. The third kappa shape index (κ3) is 6.23. The van der Waals surface area contributed by atoms with Gasteiger partial charge in [-0.1, -0.05) is 12.2 Å². The fourth-order valence-electron chi connectivity index (χ4n) is 0.498. The molecule has 0 fully saturated rings. The molecule has 0 rings (SSSR count). The van der Waals surface area contributed by atoms with Crippen LogP contribution in [0.1, 0.15) is 0 Å². The standard InChI is InChI=1S/C6H9F2N3O2S/c7-3(8)1-10-5(12)6(13)11-2-4(9)14/h3H,1-2H2,(H2,9,14)(H,10,12)(H,11,13). The van der Waals surface area contributed by atoms with E-state index >= 15 is 0 Å². The van der Waals surface area contributed by atoms with Crippen molar-refractivity contribution in [3.63, 3.8) is 0 Å². The lowest BCUT2D eigenvalue weighted by molar-refractivity contribution is -0.139. The highest BCUT2D eigenvalue weighted by atomic mass is 32.1. The molecule has 0 aromatic heterocycles. The van der Waals surface area contributed by atoms with Crippen LogP contribution in [0.2, 0.25) is 0 Å². The molecular weight excluding hydrogens is 216 g/mol. The topological polar surface area (TPSA) is 84.2 Å². The van der Waals surface area contributed by atoms with Gasteiger partial charge in [-0.05, 0) is 0 Å². The molecule has 0 saturated heterocycles. The summed E-state index contributed by atoms with van der Waals surface area (Å²) >= 11 is 4.42. The third-order valence-electron chi connectivity index (χ3n) is 1.05. The van der Waals surface area contributed by atoms with Gasteiger partial charge in [-0.3, -0.25) is 9.59 Å². The number of carbonyl (C=O) groups is 2. The van der Waals surface area contributed by atoms with Crippen molar-refractivity contribution in [2.45, 2.75) is 6.43 Å². The number of halogens is 2. The first kappa shape index (κ1) is 12.7. The molecule has 0 heterocycles. The lowest BCUT2D eigenvalue weighted by Crippen LogP contribution is -2.43. The fourth-order valence-corrected chi connectivity index (χ4v) is 0.570. The fraction of sp³-hybridized carbons (Fsp3) is 0.500. The highest BCUT2D eigenvalue weighted by molar-refractivity contribution is 7.80. The zero-order valence-electron chi connectivity index (χ0n) is 7.05. The van der Waals surface area contributed by atoms with Crippen molar-refractivity contribution in [2.75, 3.05) is 13.1 Å². The van der Waals surface area contributed by atoms with E-state index < -0.39 is 24.8 Å². The highest BCUT2D eigenvalue weighted by Crippen LogP contribution is 1.87. The van der Waals surface area contributed by atoms with Crippen LogP contribution >= 0.6 is 12.2 Å². The SMILES string of the molecule is NC(=S)CNC(=O)C(=O)NCC(F)F. The normalized spacial score (nSPS) is 9.64. The van der Waals surface area contributed by atoms with Gasteiger partial charge in [-0.2, -0.15) is 0 Å². The summed E-state index contributed by atoms with van der Waals surface area (Å²) in [7, 11) is 0. The zero-order valence-corrected chi connectivity index (χ0v) is 7.87. The largest absolute Gasteiger partial charge is 0.392 e. The first-order valence-electron chi connectivity index (χ1n) is 3.56. The van der Waals surface area contributed by atoms with Crippen molar-refractivity contribution < 1.29 is 18.4 Å². The number of alkyl halides is 2. The van der Waals surface area contributed by atoms with Crippen LogP contribution in [-0.2, 0) is 9.59 Å². The quantitative estimate of drug-likeness (QED) is 0.413. The lowest BCUT2D eigenvalue weighted by atomic mass is 10.5. The maximum atomic E-state index is 11.6. The smallest absolute Gasteiger partial charge is 0.309 e. The summed E-state index contributed by atoms with van der Waals surface area (Å²) in [6.07, 6.45) is -2.69. The minimum Gasteiger partial charge on any atom is -0.392 e. The highest BCUT2D eigenvalue weighted by Gasteiger charge is 2.14. The molecule has 0 aromatic rings. The molecule has 80 valence electrons. The van der Waals surface area contributed by atoms with E-state index in [9.17, 15) is 18.4 Å². The van der Waals surface area contributed by atoms with Crippen LogP contribution in [0, 0.1) is 0 Å². The van der Waals surface area contributed by atoms with Gasteiger partial charge < -0.3 is 16.4 Å². The van der Waals surface area contributed by atoms with E-state index in [2.05, 4.69) is 12.2 Å². The van der Waals surface area contributed by atoms with E-state index in [1.165, 1.54) is 0 Å². The van der Waals surface area contributed by atoms with Crippen LogP contribution in [0.25, 0.3) is 0 Å². The molecule has 0 radical (unpaired) electrons. The van der Waals surface area contributed by atoms with E-state index in [1.807, 2.05) is 5.32 Å². The molecule has 5 nitrogen and oxygen atoms in total. The summed E-state index contributed by atoms with van der Waals surface area (Å²) in [5.74, 6) is -2.18. The molecule has 0 aliphatic rings. The van der Waals surface area contributed by atoms with Crippen molar-refractivity contribution in [3.05, 3.63) is 0 Å². The maximum absolute atomic E-state index is 11.6. The number of rotatable bonds is 4. The van der Waals surface area contributed by atoms with Gasteiger partial charge >= 0.3 is 11.8 Å². The molecular formula is C6H9F2N3O2S. The summed E-state index contributed by atoms with van der Waals surface area (Å²) in [6.45, 7) is -1.00. The van der Waals surface area contributed by atoms with Crippen LogP contribution in [0.15, 0.2) is 0 Å². The average Bonchev–Trinajstić information content (AvgIpc) is 2.09. The number of hydrogen-bond acceptors (Lipinski definition) is 3. The number of amides is 2. The van der Waals surface area contributed by atoms with Crippen molar-refractivity contribution in [1.29, 1.82) is 0 Å².